The van der Waals surface area contributed by atoms with Crippen molar-refractivity contribution in [3.05, 3.63) is 24.3 Å². The van der Waals surface area contributed by atoms with Crippen molar-refractivity contribution in [2.45, 2.75) is 13.8 Å². The van der Waals surface area contributed by atoms with E-state index in [0.29, 0.717) is 17.6 Å². The second-order valence-electron chi connectivity index (χ2n) is 4.07. The van der Waals surface area contributed by atoms with Crippen LogP contribution < -0.4 is 5.32 Å². The van der Waals surface area contributed by atoms with Gasteiger partial charge in [0.05, 0.1) is 13.1 Å². The summed E-state index contributed by atoms with van der Waals surface area (Å²) in [5.41, 5.74) is 1.27. The van der Waals surface area contributed by atoms with Crippen LogP contribution in [0, 0.1) is 0 Å². The van der Waals surface area contributed by atoms with Crippen LogP contribution >= 0.6 is 0 Å². The molecule has 0 aliphatic rings. The van der Waals surface area contributed by atoms with E-state index in [1.54, 1.807) is 13.8 Å². The third kappa shape index (κ3) is 4.82. The molecule has 1 N–H and O–H groups in total. The van der Waals surface area contributed by atoms with Gasteiger partial charge in [0.25, 0.3) is 0 Å². The summed E-state index contributed by atoms with van der Waals surface area (Å²) < 4.78 is 0. The van der Waals surface area contributed by atoms with E-state index in [9.17, 15) is 14.4 Å². The smallest absolute Gasteiger partial charge is 0.335 e. The fraction of sp³-hybridized carbons (Fsp3) is 0.417. The third-order valence-electron chi connectivity index (χ3n) is 1.93. The van der Waals surface area contributed by atoms with E-state index < -0.39 is 12.1 Å². The molecule has 6 nitrogen and oxygen atoms in total. The van der Waals surface area contributed by atoms with E-state index in [4.69, 9.17) is 0 Å². The van der Waals surface area contributed by atoms with Crippen LogP contribution in [0.15, 0.2) is 24.3 Å². The molecule has 0 spiro atoms. The number of urea groups is 2. The van der Waals surface area contributed by atoms with Gasteiger partial charge in [-0.25, -0.2) is 14.5 Å². The molecule has 0 fully saturated rings. The topological polar surface area (TPSA) is 69.7 Å². The molecule has 0 saturated heterocycles. The Labute approximate surface area is 107 Å². The van der Waals surface area contributed by atoms with Crippen molar-refractivity contribution in [1.29, 1.82) is 0 Å². The first-order chi connectivity index (χ1) is 8.33. The number of amides is 5. The minimum Gasteiger partial charge on any atom is -0.341 e. The normalized spacial score (nSPS) is 9.28. The molecule has 0 radical (unpaired) electrons. The summed E-state index contributed by atoms with van der Waals surface area (Å²) in [5.74, 6) is 0. The van der Waals surface area contributed by atoms with Crippen LogP contribution in [0.1, 0.15) is 13.8 Å². The van der Waals surface area contributed by atoms with Gasteiger partial charge in [-0.15, -0.1) is 0 Å². The van der Waals surface area contributed by atoms with E-state index in [-0.39, 0.29) is 13.1 Å². The van der Waals surface area contributed by atoms with Gasteiger partial charge >= 0.3 is 12.1 Å². The van der Waals surface area contributed by atoms with Gasteiger partial charge in [-0.2, -0.15) is 0 Å². The van der Waals surface area contributed by atoms with Crippen LogP contribution in [0.25, 0.3) is 0 Å². The van der Waals surface area contributed by atoms with Crippen LogP contribution in [0.5, 0.6) is 0 Å². The Bertz CT molecular complexity index is 377. The van der Waals surface area contributed by atoms with Gasteiger partial charge in [0.15, 0.2) is 0 Å². The Morgan fingerprint density at radius 1 is 1.17 bits per heavy atom. The Morgan fingerprint density at radius 3 is 2.00 bits per heavy atom. The van der Waals surface area contributed by atoms with Crippen molar-refractivity contribution >= 4 is 18.5 Å². The zero-order valence-electron chi connectivity index (χ0n) is 11.0. The monoisotopic (exact) mass is 253 g/mol. The first-order valence-corrected chi connectivity index (χ1v) is 5.37. The lowest BCUT2D eigenvalue weighted by molar-refractivity contribution is -0.115. The molecule has 100 valence electrons. The van der Waals surface area contributed by atoms with E-state index in [2.05, 4.69) is 18.5 Å². The molecule has 6 heteroatoms. The van der Waals surface area contributed by atoms with E-state index in [1.807, 2.05) is 0 Å². The summed E-state index contributed by atoms with van der Waals surface area (Å²) >= 11 is 0. The Hall–Kier alpha value is -2.11. The maximum atomic E-state index is 12.0. The van der Waals surface area contributed by atoms with Crippen molar-refractivity contribution < 1.29 is 14.4 Å². The highest BCUT2D eigenvalue weighted by atomic mass is 16.2. The number of nitrogens with zero attached hydrogens (tertiary/aromatic N) is 2. The molecule has 18 heavy (non-hydrogen) atoms. The number of carbonyl (C=O) groups is 3. The molecule has 0 heterocycles. The number of hydrogen-bond donors (Lipinski definition) is 1. The molecule has 0 unspecified atom stereocenters. The first-order valence-electron chi connectivity index (χ1n) is 5.37. The van der Waals surface area contributed by atoms with Crippen molar-refractivity contribution in [2.24, 2.45) is 0 Å². The molecule has 0 aromatic rings. The third-order valence-corrected chi connectivity index (χ3v) is 1.93. The molecule has 0 aromatic carbocycles. The van der Waals surface area contributed by atoms with Crippen LogP contribution in [0.3, 0.4) is 0 Å². The van der Waals surface area contributed by atoms with Gasteiger partial charge in [-0.3, -0.25) is 9.69 Å². The lowest BCUT2D eigenvalue weighted by Crippen LogP contribution is -2.49. The number of nitrogens with one attached hydrogen (secondary N) is 1. The van der Waals surface area contributed by atoms with Crippen LogP contribution in [0.4, 0.5) is 9.59 Å². The highest BCUT2D eigenvalue weighted by molar-refractivity contribution is 5.97. The predicted octanol–water partition coefficient (Wildman–Crippen LogP) is 1.36. The molecular formula is C12H19N3O3. The molecule has 0 aliphatic carbocycles. The molecule has 0 aromatic heterocycles. The van der Waals surface area contributed by atoms with Crippen LogP contribution in [-0.4, -0.2) is 48.4 Å². The standard InChI is InChI=1S/C12H19N3O3/c1-9(2)6-14(8-16)12(18)15(7-10(3)4)11(17)13-5/h8H,1,3,6-7H2,2,4-5H3,(H,13,17). The summed E-state index contributed by atoms with van der Waals surface area (Å²) in [5, 5.41) is 2.34. The zero-order valence-corrected chi connectivity index (χ0v) is 11.0. The molecule has 0 atom stereocenters. The van der Waals surface area contributed by atoms with Crippen molar-refractivity contribution in [2.75, 3.05) is 20.1 Å². The molecular weight excluding hydrogens is 234 g/mol. The number of imide groups is 2. The quantitative estimate of drug-likeness (QED) is 0.594. The van der Waals surface area contributed by atoms with Crippen molar-refractivity contribution in [1.82, 2.24) is 15.1 Å². The second-order valence-corrected chi connectivity index (χ2v) is 4.07. The minimum absolute atomic E-state index is 0.0546. The van der Waals surface area contributed by atoms with Gasteiger partial charge in [-0.1, -0.05) is 24.3 Å². The number of carbonyl (C=O) groups excluding carboxylic acids is 3. The Kier molecular flexibility index (Phi) is 6.41. The Morgan fingerprint density at radius 2 is 1.67 bits per heavy atom. The fourth-order valence-corrected chi connectivity index (χ4v) is 1.23. The van der Waals surface area contributed by atoms with Gasteiger partial charge in [0.1, 0.15) is 0 Å². The molecule has 0 bridgehead atoms. The molecule has 0 saturated carbocycles. The van der Waals surface area contributed by atoms with Gasteiger partial charge in [0, 0.05) is 7.05 Å². The van der Waals surface area contributed by atoms with Crippen molar-refractivity contribution in [3.8, 4) is 0 Å². The maximum absolute atomic E-state index is 12.0. The lowest BCUT2D eigenvalue weighted by Gasteiger charge is -2.25. The van der Waals surface area contributed by atoms with Crippen LogP contribution in [0.2, 0.25) is 0 Å². The maximum Gasteiger partial charge on any atom is 0.335 e. The van der Waals surface area contributed by atoms with Crippen molar-refractivity contribution in [3.63, 3.8) is 0 Å². The fourth-order valence-electron chi connectivity index (χ4n) is 1.23. The van der Waals surface area contributed by atoms with Gasteiger partial charge in [-0.05, 0) is 13.8 Å². The minimum atomic E-state index is -0.699. The zero-order chi connectivity index (χ0) is 14.3. The summed E-state index contributed by atoms with van der Waals surface area (Å²) in [6.45, 7) is 10.8. The van der Waals surface area contributed by atoms with E-state index in [1.165, 1.54) is 7.05 Å². The Balaban J connectivity index is 5.02. The molecule has 0 rings (SSSR count). The van der Waals surface area contributed by atoms with E-state index >= 15 is 0 Å². The summed E-state index contributed by atoms with van der Waals surface area (Å²) in [7, 11) is 1.41. The summed E-state index contributed by atoms with van der Waals surface area (Å²) in [4.78, 5) is 36.3. The van der Waals surface area contributed by atoms with Crippen LogP contribution in [-0.2, 0) is 4.79 Å². The number of hydrogen-bond acceptors (Lipinski definition) is 3. The lowest BCUT2D eigenvalue weighted by atomic mass is 10.3. The molecule has 0 aliphatic heterocycles. The molecule has 5 amide bonds. The highest BCUT2D eigenvalue weighted by Gasteiger charge is 2.25. The SMILES string of the molecule is C=C(C)CN(C=O)C(=O)N(CC(=C)C)C(=O)NC. The van der Waals surface area contributed by atoms with E-state index in [0.717, 1.165) is 9.80 Å². The van der Waals surface area contributed by atoms with Gasteiger partial charge < -0.3 is 5.32 Å². The predicted molar refractivity (Wildman–Crippen MR) is 69.0 cm³/mol. The average Bonchev–Trinajstić information content (AvgIpc) is 2.30. The average molecular weight is 253 g/mol. The first kappa shape index (κ1) is 15.9. The van der Waals surface area contributed by atoms with Gasteiger partial charge in [0.2, 0.25) is 6.41 Å². The second kappa shape index (κ2) is 7.26. The highest BCUT2D eigenvalue weighted by Crippen LogP contribution is 2.04. The summed E-state index contributed by atoms with van der Waals surface area (Å²) in [6.07, 6.45) is 0.380. The summed E-state index contributed by atoms with van der Waals surface area (Å²) in [6, 6.07) is -1.29. The largest absolute Gasteiger partial charge is 0.341 e. The number of rotatable bonds is 5.